The first-order valence-electron chi connectivity index (χ1n) is 6.66. The minimum atomic E-state index is -3.26. The summed E-state index contributed by atoms with van der Waals surface area (Å²) in [5, 5.41) is 12.0. The van der Waals surface area contributed by atoms with Crippen LogP contribution in [-0.2, 0) is 9.84 Å². The Bertz CT molecular complexity index is 570. The molecule has 0 amide bonds. The summed E-state index contributed by atoms with van der Waals surface area (Å²) >= 11 is 1.95. The summed E-state index contributed by atoms with van der Waals surface area (Å²) in [7, 11) is -3.26. The average Bonchev–Trinajstić information content (AvgIpc) is 2.48. The first kappa shape index (κ1) is 15.4. The third kappa shape index (κ3) is 4.23. The van der Waals surface area contributed by atoms with E-state index in [2.05, 4.69) is 5.32 Å². The highest BCUT2D eigenvalue weighted by molar-refractivity contribution is 7.99. The van der Waals surface area contributed by atoms with Gasteiger partial charge in [-0.1, -0.05) is 0 Å². The molecular weight excluding hydrogens is 292 g/mol. The van der Waals surface area contributed by atoms with Gasteiger partial charge >= 0.3 is 0 Å². The van der Waals surface area contributed by atoms with E-state index in [9.17, 15) is 8.42 Å². The van der Waals surface area contributed by atoms with Gasteiger partial charge in [0.15, 0.2) is 9.84 Å². The molecular formula is C14H18N2O2S2. The molecule has 20 heavy (non-hydrogen) atoms. The van der Waals surface area contributed by atoms with Gasteiger partial charge in [0.05, 0.1) is 22.3 Å². The van der Waals surface area contributed by atoms with Crippen molar-refractivity contribution >= 4 is 21.6 Å². The van der Waals surface area contributed by atoms with Crippen molar-refractivity contribution in [1.29, 1.82) is 5.26 Å². The summed E-state index contributed by atoms with van der Waals surface area (Å²) in [5.74, 6) is 2.41. The average molecular weight is 310 g/mol. The quantitative estimate of drug-likeness (QED) is 0.898. The van der Waals surface area contributed by atoms with Gasteiger partial charge in [-0.2, -0.15) is 17.0 Å². The smallest absolute Gasteiger partial charge is 0.179 e. The van der Waals surface area contributed by atoms with E-state index in [1.54, 1.807) is 12.1 Å². The summed E-state index contributed by atoms with van der Waals surface area (Å²) in [6.45, 7) is 0.484. The van der Waals surface area contributed by atoms with Crippen molar-refractivity contribution in [3.8, 4) is 6.07 Å². The first-order chi connectivity index (χ1) is 9.62. The van der Waals surface area contributed by atoms with Crippen LogP contribution in [0.4, 0.5) is 0 Å². The van der Waals surface area contributed by atoms with Crippen LogP contribution in [0, 0.1) is 11.3 Å². The fraction of sp³-hybridized carbons (Fsp3) is 0.500. The van der Waals surface area contributed by atoms with Gasteiger partial charge in [-0.3, -0.25) is 0 Å². The number of hydrogen-bond acceptors (Lipinski definition) is 5. The number of rotatable bonds is 5. The van der Waals surface area contributed by atoms with Crippen LogP contribution >= 0.6 is 11.8 Å². The number of thioether (sulfide) groups is 1. The van der Waals surface area contributed by atoms with Crippen LogP contribution in [0.3, 0.4) is 0 Å². The normalized spacial score (nSPS) is 16.8. The van der Waals surface area contributed by atoms with Crippen LogP contribution in [-0.4, -0.2) is 38.3 Å². The molecule has 1 fully saturated rings. The van der Waals surface area contributed by atoms with Gasteiger partial charge in [0.1, 0.15) is 0 Å². The van der Waals surface area contributed by atoms with Crippen LogP contribution in [0.2, 0.25) is 0 Å². The van der Waals surface area contributed by atoms with E-state index in [4.69, 9.17) is 5.26 Å². The van der Waals surface area contributed by atoms with E-state index in [-0.39, 0.29) is 10.6 Å². The predicted octanol–water partition coefficient (Wildman–Crippen LogP) is 1.82. The second-order valence-electron chi connectivity index (χ2n) is 4.80. The van der Waals surface area contributed by atoms with Gasteiger partial charge in [-0.15, -0.1) is 0 Å². The Morgan fingerprint density at radius 2 is 1.90 bits per heavy atom. The molecule has 1 aromatic carbocycles. The SMILES string of the molecule is N#Cc1ccc(S(=O)(=O)CCNC2CCSCC2)cc1. The maximum Gasteiger partial charge on any atom is 0.179 e. The Labute approximate surface area is 124 Å². The second kappa shape index (κ2) is 7.11. The van der Waals surface area contributed by atoms with Gasteiger partial charge in [0, 0.05) is 12.6 Å². The summed E-state index contributed by atoms with van der Waals surface area (Å²) in [4.78, 5) is 0.289. The Hall–Kier alpha value is -1.03. The van der Waals surface area contributed by atoms with Crippen molar-refractivity contribution in [3.05, 3.63) is 29.8 Å². The third-order valence-electron chi connectivity index (χ3n) is 3.37. The fourth-order valence-corrected chi connectivity index (χ4v) is 4.43. The highest BCUT2D eigenvalue weighted by Crippen LogP contribution is 2.17. The highest BCUT2D eigenvalue weighted by atomic mass is 32.2. The molecule has 108 valence electrons. The molecule has 1 aliphatic rings. The zero-order valence-corrected chi connectivity index (χ0v) is 12.8. The number of sulfone groups is 1. The van der Waals surface area contributed by atoms with Crippen LogP contribution in [0.5, 0.6) is 0 Å². The molecule has 1 saturated heterocycles. The lowest BCUT2D eigenvalue weighted by Gasteiger charge is -2.22. The monoisotopic (exact) mass is 310 g/mol. The molecule has 0 saturated carbocycles. The van der Waals surface area contributed by atoms with Crippen molar-refractivity contribution in [3.63, 3.8) is 0 Å². The Balaban J connectivity index is 1.88. The Kier molecular flexibility index (Phi) is 5.46. The zero-order valence-electron chi connectivity index (χ0n) is 11.2. The van der Waals surface area contributed by atoms with E-state index < -0.39 is 9.84 Å². The number of nitrogens with one attached hydrogen (secondary N) is 1. The van der Waals surface area contributed by atoms with Crippen LogP contribution in [0.1, 0.15) is 18.4 Å². The second-order valence-corrected chi connectivity index (χ2v) is 8.13. The molecule has 0 unspecified atom stereocenters. The van der Waals surface area contributed by atoms with E-state index in [1.165, 1.54) is 12.1 Å². The topological polar surface area (TPSA) is 70.0 Å². The standard InChI is InChI=1S/C14H18N2O2S2/c15-11-12-1-3-14(4-2-12)20(17,18)10-7-16-13-5-8-19-9-6-13/h1-4,13,16H,5-10H2. The Morgan fingerprint density at radius 3 is 2.50 bits per heavy atom. The minimum Gasteiger partial charge on any atom is -0.313 e. The molecule has 0 spiro atoms. The first-order valence-corrected chi connectivity index (χ1v) is 9.46. The fourth-order valence-electron chi connectivity index (χ4n) is 2.15. The molecule has 1 aliphatic heterocycles. The molecule has 1 aromatic rings. The number of nitriles is 1. The molecule has 0 aliphatic carbocycles. The lowest BCUT2D eigenvalue weighted by molar-refractivity contribution is 0.495. The summed E-state index contributed by atoms with van der Waals surface area (Å²) < 4.78 is 24.3. The molecule has 4 nitrogen and oxygen atoms in total. The van der Waals surface area contributed by atoms with Crippen LogP contribution in [0.25, 0.3) is 0 Å². The van der Waals surface area contributed by atoms with Gasteiger partial charge in [-0.25, -0.2) is 8.42 Å². The maximum atomic E-state index is 12.1. The minimum absolute atomic E-state index is 0.0997. The van der Waals surface area contributed by atoms with Crippen molar-refractivity contribution < 1.29 is 8.42 Å². The molecule has 0 bridgehead atoms. The number of nitrogens with zero attached hydrogens (tertiary/aromatic N) is 1. The lowest BCUT2D eigenvalue weighted by Crippen LogP contribution is -2.35. The zero-order chi connectivity index (χ0) is 14.4. The Morgan fingerprint density at radius 1 is 1.25 bits per heavy atom. The van der Waals surface area contributed by atoms with E-state index in [1.807, 2.05) is 17.8 Å². The molecule has 0 atom stereocenters. The van der Waals surface area contributed by atoms with Crippen molar-refractivity contribution in [2.75, 3.05) is 23.8 Å². The molecule has 2 rings (SSSR count). The van der Waals surface area contributed by atoms with Gasteiger partial charge in [0.25, 0.3) is 0 Å². The molecule has 6 heteroatoms. The van der Waals surface area contributed by atoms with Gasteiger partial charge in [0.2, 0.25) is 0 Å². The number of hydrogen-bond donors (Lipinski definition) is 1. The lowest BCUT2D eigenvalue weighted by atomic mass is 10.1. The van der Waals surface area contributed by atoms with Crippen LogP contribution in [0.15, 0.2) is 29.2 Å². The van der Waals surface area contributed by atoms with Gasteiger partial charge < -0.3 is 5.32 Å². The summed E-state index contributed by atoms with van der Waals surface area (Å²) in [6, 6.07) is 8.52. The molecule has 0 radical (unpaired) electrons. The molecule has 1 N–H and O–H groups in total. The largest absolute Gasteiger partial charge is 0.313 e. The van der Waals surface area contributed by atoms with Crippen LogP contribution < -0.4 is 5.32 Å². The van der Waals surface area contributed by atoms with Gasteiger partial charge in [-0.05, 0) is 48.6 Å². The van der Waals surface area contributed by atoms with Crippen molar-refractivity contribution in [2.24, 2.45) is 0 Å². The van der Waals surface area contributed by atoms with E-state index in [0.717, 1.165) is 24.3 Å². The summed E-state index contributed by atoms with van der Waals surface area (Å²) in [5.41, 5.74) is 0.474. The van der Waals surface area contributed by atoms with Crippen molar-refractivity contribution in [1.82, 2.24) is 5.32 Å². The van der Waals surface area contributed by atoms with E-state index >= 15 is 0 Å². The predicted molar refractivity (Wildman–Crippen MR) is 81.6 cm³/mol. The van der Waals surface area contributed by atoms with E-state index in [0.29, 0.717) is 18.2 Å². The third-order valence-corrected chi connectivity index (χ3v) is 6.15. The molecule has 0 aromatic heterocycles. The van der Waals surface area contributed by atoms with Crippen molar-refractivity contribution in [2.45, 2.75) is 23.8 Å². The number of benzene rings is 1. The highest BCUT2D eigenvalue weighted by Gasteiger charge is 2.17. The maximum absolute atomic E-state index is 12.1. The summed E-state index contributed by atoms with van der Waals surface area (Å²) in [6.07, 6.45) is 2.23. The molecule has 1 heterocycles.